The van der Waals surface area contributed by atoms with Crippen LogP contribution in [0, 0.1) is 23.3 Å². The fourth-order valence-electron chi connectivity index (χ4n) is 5.23. The summed E-state index contributed by atoms with van der Waals surface area (Å²) in [5, 5.41) is 1.59. The molecule has 0 fully saturated rings. The van der Waals surface area contributed by atoms with Gasteiger partial charge in [-0.2, -0.15) is 13.2 Å². The van der Waals surface area contributed by atoms with E-state index in [-0.39, 0.29) is 27.8 Å². The number of carbonyl (C=O) groups is 4. The molecule has 1 aliphatic heterocycles. The number of fused-ring (bicyclic) bond motifs is 1. The van der Waals surface area contributed by atoms with Crippen LogP contribution in [0.5, 0.6) is 0 Å². The minimum atomic E-state index is -5.84. The quantitative estimate of drug-likeness (QED) is 0.108. The zero-order valence-corrected chi connectivity index (χ0v) is 23.3. The number of carbonyl (C=O) groups excluding carboxylic acids is 4. The lowest BCUT2D eigenvalue weighted by Gasteiger charge is -2.33. The maximum absolute atomic E-state index is 14.9. The van der Waals surface area contributed by atoms with E-state index in [1.807, 2.05) is 0 Å². The summed E-state index contributed by atoms with van der Waals surface area (Å²) < 4.78 is 103. The van der Waals surface area contributed by atoms with Crippen molar-refractivity contribution in [3.8, 4) is 0 Å². The summed E-state index contributed by atoms with van der Waals surface area (Å²) in [4.78, 5) is 53.8. The number of imide groups is 1. The van der Waals surface area contributed by atoms with Gasteiger partial charge in [0.05, 0.1) is 23.8 Å². The number of ether oxygens (including phenoxy) is 1. The number of nitrogens with zero attached hydrogens (tertiary/aromatic N) is 1. The van der Waals surface area contributed by atoms with Crippen molar-refractivity contribution in [1.29, 1.82) is 0 Å². The molecule has 4 aromatic carbocycles. The maximum Gasteiger partial charge on any atom is 0.422 e. The highest BCUT2D eigenvalue weighted by Gasteiger charge is 2.48. The zero-order valence-electron chi connectivity index (χ0n) is 23.3. The summed E-state index contributed by atoms with van der Waals surface area (Å²) >= 11 is 0. The maximum atomic E-state index is 14.9. The first-order valence-electron chi connectivity index (χ1n) is 13.2. The third kappa shape index (κ3) is 5.46. The van der Waals surface area contributed by atoms with E-state index in [4.69, 9.17) is 0 Å². The van der Waals surface area contributed by atoms with Crippen LogP contribution in [0.2, 0.25) is 0 Å². The number of esters is 1. The predicted molar refractivity (Wildman–Crippen MR) is 147 cm³/mol. The van der Waals surface area contributed by atoms with Crippen molar-refractivity contribution in [2.45, 2.75) is 18.1 Å². The van der Waals surface area contributed by atoms with Crippen LogP contribution in [0.3, 0.4) is 0 Å². The molecule has 0 unspecified atom stereocenters. The van der Waals surface area contributed by atoms with E-state index >= 15 is 0 Å². The summed E-state index contributed by atoms with van der Waals surface area (Å²) in [7, 11) is 1.14. The van der Waals surface area contributed by atoms with Crippen molar-refractivity contribution < 1.29 is 54.6 Å². The standard InChI is InChI=1S/C32H19F7N2O5/c1-46-31(45)17-13-11-16(12-14-17)20(15-7-3-2-4-8-15)27(41-29(43)18-9-5-6-10-19(18)30(41)44)28(42)40-26-24(35)22(33)21(32(37,38)39)23(34)25(26)36/h2-14,20,27H,1H3,(H,40,42)/t20-,27+/m1/s1. The minimum Gasteiger partial charge on any atom is -0.465 e. The Balaban J connectivity index is 1.71. The fourth-order valence-corrected chi connectivity index (χ4v) is 5.23. The molecule has 0 spiro atoms. The smallest absolute Gasteiger partial charge is 0.422 e. The zero-order chi connectivity index (χ0) is 33.5. The van der Waals surface area contributed by atoms with E-state index < -0.39 is 76.3 Å². The molecule has 4 aromatic rings. The Morgan fingerprint density at radius 3 is 1.67 bits per heavy atom. The summed E-state index contributed by atoms with van der Waals surface area (Å²) in [6.07, 6.45) is -5.84. The van der Waals surface area contributed by atoms with Gasteiger partial charge >= 0.3 is 12.1 Å². The third-order valence-electron chi connectivity index (χ3n) is 7.33. The normalized spacial score (nSPS) is 14.1. The van der Waals surface area contributed by atoms with Gasteiger partial charge in [0.25, 0.3) is 11.8 Å². The first-order valence-corrected chi connectivity index (χ1v) is 13.2. The van der Waals surface area contributed by atoms with E-state index in [1.54, 1.807) is 11.4 Å². The molecule has 46 heavy (non-hydrogen) atoms. The van der Waals surface area contributed by atoms with Crippen molar-refractivity contribution >= 4 is 29.4 Å². The third-order valence-corrected chi connectivity index (χ3v) is 7.33. The number of amides is 3. The second-order valence-corrected chi connectivity index (χ2v) is 9.97. The van der Waals surface area contributed by atoms with Gasteiger partial charge in [0, 0.05) is 5.92 Å². The Hall–Kier alpha value is -5.53. The Labute approximate surface area is 255 Å². The fraction of sp³-hybridized carbons (Fsp3) is 0.125. The van der Waals surface area contributed by atoms with Crippen molar-refractivity contribution in [2.24, 2.45) is 0 Å². The number of anilines is 1. The Bertz CT molecular complexity index is 1810. The molecule has 0 saturated heterocycles. The van der Waals surface area contributed by atoms with E-state index in [1.165, 1.54) is 72.8 Å². The molecule has 0 radical (unpaired) electrons. The topological polar surface area (TPSA) is 92.8 Å². The highest BCUT2D eigenvalue weighted by atomic mass is 19.4. The van der Waals surface area contributed by atoms with Crippen LogP contribution >= 0.6 is 0 Å². The molecular weight excluding hydrogens is 625 g/mol. The van der Waals surface area contributed by atoms with Crippen LogP contribution < -0.4 is 5.32 Å². The molecular formula is C32H19F7N2O5. The van der Waals surface area contributed by atoms with Crippen LogP contribution in [0.25, 0.3) is 0 Å². The minimum absolute atomic E-state index is 0.0691. The van der Waals surface area contributed by atoms with Gasteiger partial charge in [0.1, 0.15) is 17.3 Å². The van der Waals surface area contributed by atoms with Gasteiger partial charge in [-0.3, -0.25) is 19.3 Å². The van der Waals surface area contributed by atoms with E-state index in [2.05, 4.69) is 4.74 Å². The second kappa shape index (κ2) is 12.1. The number of methoxy groups -OCH3 is 1. The molecule has 7 nitrogen and oxygen atoms in total. The van der Waals surface area contributed by atoms with Gasteiger partial charge in [-0.1, -0.05) is 54.6 Å². The predicted octanol–water partition coefficient (Wildman–Crippen LogP) is 6.48. The van der Waals surface area contributed by atoms with Gasteiger partial charge in [-0.05, 0) is 35.4 Å². The first kappa shape index (κ1) is 31.9. The number of halogens is 7. The van der Waals surface area contributed by atoms with Crippen LogP contribution in [0.4, 0.5) is 36.4 Å². The van der Waals surface area contributed by atoms with E-state index in [0.717, 1.165) is 7.11 Å². The number of alkyl halides is 3. The van der Waals surface area contributed by atoms with Gasteiger partial charge in [-0.15, -0.1) is 0 Å². The largest absolute Gasteiger partial charge is 0.465 e. The molecule has 0 aliphatic carbocycles. The van der Waals surface area contributed by atoms with Crippen molar-refractivity contribution in [3.63, 3.8) is 0 Å². The number of hydrogen-bond acceptors (Lipinski definition) is 5. The molecule has 1 heterocycles. The average molecular weight is 644 g/mol. The Morgan fingerprint density at radius 2 is 1.20 bits per heavy atom. The lowest BCUT2D eigenvalue weighted by molar-refractivity contribution is -0.143. The van der Waals surface area contributed by atoms with Crippen LogP contribution in [0.15, 0.2) is 78.9 Å². The number of benzene rings is 4. The second-order valence-electron chi connectivity index (χ2n) is 9.97. The summed E-state index contributed by atoms with van der Waals surface area (Å²) in [6.45, 7) is 0. The van der Waals surface area contributed by atoms with E-state index in [9.17, 15) is 49.9 Å². The highest BCUT2D eigenvalue weighted by Crippen LogP contribution is 2.40. The molecule has 5 rings (SSSR count). The lowest BCUT2D eigenvalue weighted by atomic mass is 9.83. The monoisotopic (exact) mass is 644 g/mol. The highest BCUT2D eigenvalue weighted by molar-refractivity contribution is 6.23. The van der Waals surface area contributed by atoms with Crippen molar-refractivity contribution in [2.75, 3.05) is 12.4 Å². The molecule has 1 aliphatic rings. The van der Waals surface area contributed by atoms with Gasteiger partial charge < -0.3 is 10.1 Å². The average Bonchev–Trinajstić information content (AvgIpc) is 3.29. The molecule has 2 atom stereocenters. The molecule has 1 N–H and O–H groups in total. The Kier molecular flexibility index (Phi) is 8.39. The molecule has 14 heteroatoms. The molecule has 3 amide bonds. The van der Waals surface area contributed by atoms with Crippen molar-refractivity contribution in [1.82, 2.24) is 4.90 Å². The molecule has 0 aromatic heterocycles. The van der Waals surface area contributed by atoms with Gasteiger partial charge in [0.15, 0.2) is 23.3 Å². The molecule has 0 saturated carbocycles. The van der Waals surface area contributed by atoms with E-state index in [0.29, 0.717) is 4.90 Å². The van der Waals surface area contributed by atoms with Crippen molar-refractivity contribution in [3.05, 3.63) is 136 Å². The number of rotatable bonds is 7. The number of hydrogen-bond donors (Lipinski definition) is 1. The van der Waals surface area contributed by atoms with Gasteiger partial charge in [-0.25, -0.2) is 22.4 Å². The summed E-state index contributed by atoms with van der Waals surface area (Å²) in [5.74, 6) is -16.5. The molecule has 0 bridgehead atoms. The SMILES string of the molecule is COC(=O)c1ccc([C@@H](c2ccccc2)[C@@H](C(=O)Nc2c(F)c(F)c(C(F)(F)F)c(F)c2F)N2C(=O)c3ccccc3C2=O)cc1. The summed E-state index contributed by atoms with van der Waals surface area (Å²) in [6, 6.07) is 16.3. The Morgan fingerprint density at radius 1 is 0.717 bits per heavy atom. The first-order chi connectivity index (χ1) is 21.8. The van der Waals surface area contributed by atoms with Crippen LogP contribution in [-0.2, 0) is 15.7 Å². The van der Waals surface area contributed by atoms with Crippen LogP contribution in [0.1, 0.15) is 53.7 Å². The molecule has 236 valence electrons. The lowest BCUT2D eigenvalue weighted by Crippen LogP contribution is -2.51. The van der Waals surface area contributed by atoms with Gasteiger partial charge in [0.2, 0.25) is 5.91 Å². The summed E-state index contributed by atoms with van der Waals surface area (Å²) in [5.41, 5.74) is -4.56. The number of nitrogens with one attached hydrogen (secondary N) is 1. The van der Waals surface area contributed by atoms with Crippen LogP contribution in [-0.4, -0.2) is 41.7 Å².